The molecule has 1 aliphatic heterocycles. The van der Waals surface area contributed by atoms with Crippen LogP contribution in [0.25, 0.3) is 0 Å². The molecule has 0 amide bonds. The summed E-state index contributed by atoms with van der Waals surface area (Å²) >= 11 is 1.83. The van der Waals surface area contributed by atoms with Gasteiger partial charge in [-0.05, 0) is 17.7 Å². The Morgan fingerprint density at radius 1 is 1.40 bits per heavy atom. The topological polar surface area (TPSA) is 55.5 Å². The molecule has 1 unspecified atom stereocenters. The highest BCUT2D eigenvalue weighted by Gasteiger charge is 2.19. The van der Waals surface area contributed by atoms with Crippen LogP contribution in [0.4, 0.5) is 0 Å². The number of hydrogen-bond donors (Lipinski definition) is 2. The van der Waals surface area contributed by atoms with Crippen LogP contribution in [0.2, 0.25) is 0 Å². The molecule has 1 aliphatic rings. The molecule has 0 spiro atoms. The Balaban J connectivity index is 1.96. The fraction of sp³-hybridized carbons (Fsp3) is 0.455. The Labute approximate surface area is 93.6 Å². The highest BCUT2D eigenvalue weighted by Crippen LogP contribution is 2.28. The molecule has 1 fully saturated rings. The summed E-state index contributed by atoms with van der Waals surface area (Å²) in [7, 11) is 0. The SMILES string of the molecule is NC(CO)c1ccc(SC2COC2)cc1. The van der Waals surface area contributed by atoms with Crippen molar-refractivity contribution >= 4 is 11.8 Å². The third kappa shape index (κ3) is 2.72. The summed E-state index contributed by atoms with van der Waals surface area (Å²) < 4.78 is 5.11. The van der Waals surface area contributed by atoms with E-state index < -0.39 is 0 Å². The predicted octanol–water partition coefficient (Wildman–Crippen LogP) is 1.17. The lowest BCUT2D eigenvalue weighted by molar-refractivity contribution is 0.0455. The minimum absolute atomic E-state index is 0.0110. The molecule has 1 aromatic carbocycles. The molecule has 0 saturated carbocycles. The molecule has 0 aliphatic carbocycles. The second-order valence-corrected chi connectivity index (χ2v) is 5.01. The predicted molar refractivity (Wildman–Crippen MR) is 60.9 cm³/mol. The molecular weight excluding hydrogens is 210 g/mol. The van der Waals surface area contributed by atoms with Crippen LogP contribution in [0.1, 0.15) is 11.6 Å². The maximum Gasteiger partial charge on any atom is 0.0624 e. The van der Waals surface area contributed by atoms with Crippen molar-refractivity contribution in [3.63, 3.8) is 0 Å². The van der Waals surface area contributed by atoms with Crippen molar-refractivity contribution in [3.05, 3.63) is 29.8 Å². The van der Waals surface area contributed by atoms with Gasteiger partial charge in [0.25, 0.3) is 0 Å². The summed E-state index contributed by atoms with van der Waals surface area (Å²) in [5.41, 5.74) is 6.68. The van der Waals surface area contributed by atoms with E-state index in [9.17, 15) is 0 Å². The molecule has 1 saturated heterocycles. The third-order valence-electron chi connectivity index (χ3n) is 2.42. The Bertz CT molecular complexity index is 311. The first-order valence-electron chi connectivity index (χ1n) is 5.00. The van der Waals surface area contributed by atoms with E-state index in [4.69, 9.17) is 15.6 Å². The Hall–Kier alpha value is -0.550. The molecule has 3 N–H and O–H groups in total. The molecule has 4 heteroatoms. The van der Waals surface area contributed by atoms with Crippen molar-refractivity contribution in [2.45, 2.75) is 16.2 Å². The van der Waals surface area contributed by atoms with Gasteiger partial charge in [0.15, 0.2) is 0 Å². The van der Waals surface area contributed by atoms with Crippen LogP contribution in [0, 0.1) is 0 Å². The first-order chi connectivity index (χ1) is 7.29. The van der Waals surface area contributed by atoms with E-state index in [1.807, 2.05) is 36.0 Å². The average molecular weight is 225 g/mol. The zero-order valence-corrected chi connectivity index (χ0v) is 9.24. The van der Waals surface area contributed by atoms with Crippen molar-refractivity contribution in [2.24, 2.45) is 5.73 Å². The van der Waals surface area contributed by atoms with Crippen LogP contribution < -0.4 is 5.73 Å². The number of nitrogens with two attached hydrogens (primary N) is 1. The molecule has 3 nitrogen and oxygen atoms in total. The van der Waals surface area contributed by atoms with E-state index in [1.54, 1.807) is 0 Å². The molecule has 0 radical (unpaired) electrons. The van der Waals surface area contributed by atoms with Crippen molar-refractivity contribution in [2.75, 3.05) is 19.8 Å². The number of ether oxygens (including phenoxy) is 1. The molecular formula is C11H15NO2S. The van der Waals surface area contributed by atoms with Gasteiger partial charge in [0.2, 0.25) is 0 Å². The van der Waals surface area contributed by atoms with Gasteiger partial charge in [-0.25, -0.2) is 0 Å². The van der Waals surface area contributed by atoms with Gasteiger partial charge in [0.1, 0.15) is 0 Å². The first kappa shape index (κ1) is 11.0. The quantitative estimate of drug-likeness (QED) is 0.807. The van der Waals surface area contributed by atoms with E-state index in [0.29, 0.717) is 5.25 Å². The highest BCUT2D eigenvalue weighted by molar-refractivity contribution is 8.00. The lowest BCUT2D eigenvalue weighted by Crippen LogP contribution is -2.29. The van der Waals surface area contributed by atoms with Gasteiger partial charge < -0.3 is 15.6 Å². The van der Waals surface area contributed by atoms with Crippen LogP contribution in [-0.2, 0) is 4.74 Å². The summed E-state index contributed by atoms with van der Waals surface area (Å²) in [6.45, 7) is 1.69. The summed E-state index contributed by atoms with van der Waals surface area (Å²) in [6, 6.07) is 7.78. The summed E-state index contributed by atoms with van der Waals surface area (Å²) in [5, 5.41) is 9.50. The minimum Gasteiger partial charge on any atom is -0.394 e. The van der Waals surface area contributed by atoms with E-state index >= 15 is 0 Å². The molecule has 0 aromatic heterocycles. The molecule has 82 valence electrons. The fourth-order valence-electron chi connectivity index (χ4n) is 1.37. The van der Waals surface area contributed by atoms with E-state index in [-0.39, 0.29) is 12.6 Å². The van der Waals surface area contributed by atoms with Crippen LogP contribution in [0.15, 0.2) is 29.2 Å². The van der Waals surface area contributed by atoms with Gasteiger partial charge in [0.05, 0.1) is 31.1 Å². The smallest absolute Gasteiger partial charge is 0.0624 e. The third-order valence-corrected chi connectivity index (χ3v) is 3.57. The van der Waals surface area contributed by atoms with E-state index in [0.717, 1.165) is 18.8 Å². The van der Waals surface area contributed by atoms with Gasteiger partial charge in [-0.3, -0.25) is 0 Å². The Morgan fingerprint density at radius 2 is 2.07 bits per heavy atom. The molecule has 1 atom stereocenters. The van der Waals surface area contributed by atoms with Gasteiger partial charge in [-0.2, -0.15) is 0 Å². The average Bonchev–Trinajstić information content (AvgIpc) is 2.23. The maximum atomic E-state index is 8.90. The monoisotopic (exact) mass is 225 g/mol. The number of aliphatic hydroxyl groups excluding tert-OH is 1. The van der Waals surface area contributed by atoms with Crippen LogP contribution in [0.3, 0.4) is 0 Å². The van der Waals surface area contributed by atoms with Crippen LogP contribution >= 0.6 is 11.8 Å². The molecule has 1 aromatic rings. The normalized spacial score (nSPS) is 18.5. The zero-order chi connectivity index (χ0) is 10.7. The fourth-order valence-corrected chi connectivity index (χ4v) is 2.38. The van der Waals surface area contributed by atoms with Gasteiger partial charge >= 0.3 is 0 Å². The van der Waals surface area contributed by atoms with Gasteiger partial charge in [-0.15, -0.1) is 11.8 Å². The van der Waals surface area contributed by atoms with E-state index in [1.165, 1.54) is 4.90 Å². The van der Waals surface area contributed by atoms with E-state index in [2.05, 4.69) is 0 Å². The largest absolute Gasteiger partial charge is 0.394 e. The number of hydrogen-bond acceptors (Lipinski definition) is 4. The molecule has 2 rings (SSSR count). The number of thioether (sulfide) groups is 1. The standard InChI is InChI=1S/C11H15NO2S/c12-11(5-13)8-1-3-9(4-2-8)15-10-6-14-7-10/h1-4,10-11,13H,5-7,12H2. The number of benzene rings is 1. The zero-order valence-electron chi connectivity index (χ0n) is 8.43. The maximum absolute atomic E-state index is 8.90. The summed E-state index contributed by atoms with van der Waals surface area (Å²) in [5.74, 6) is 0. The number of rotatable bonds is 4. The summed E-state index contributed by atoms with van der Waals surface area (Å²) in [4.78, 5) is 1.23. The number of aliphatic hydroxyl groups is 1. The van der Waals surface area contributed by atoms with Crippen molar-refractivity contribution in [1.82, 2.24) is 0 Å². The first-order valence-corrected chi connectivity index (χ1v) is 5.88. The van der Waals surface area contributed by atoms with Gasteiger partial charge in [-0.1, -0.05) is 12.1 Å². The highest BCUT2D eigenvalue weighted by atomic mass is 32.2. The van der Waals surface area contributed by atoms with Gasteiger partial charge in [0, 0.05) is 4.90 Å². The Morgan fingerprint density at radius 3 is 2.53 bits per heavy atom. The Kier molecular flexibility index (Phi) is 3.64. The molecule has 0 bridgehead atoms. The lowest BCUT2D eigenvalue weighted by Gasteiger charge is -2.25. The van der Waals surface area contributed by atoms with Crippen molar-refractivity contribution < 1.29 is 9.84 Å². The second-order valence-electron chi connectivity index (χ2n) is 3.64. The minimum atomic E-state index is -0.268. The molecule has 1 heterocycles. The summed E-state index contributed by atoms with van der Waals surface area (Å²) in [6.07, 6.45) is 0. The van der Waals surface area contributed by atoms with Crippen LogP contribution in [0.5, 0.6) is 0 Å². The van der Waals surface area contributed by atoms with Crippen molar-refractivity contribution in [3.8, 4) is 0 Å². The molecule has 15 heavy (non-hydrogen) atoms. The van der Waals surface area contributed by atoms with Crippen molar-refractivity contribution in [1.29, 1.82) is 0 Å². The second kappa shape index (κ2) is 4.99. The lowest BCUT2D eigenvalue weighted by atomic mass is 10.1. The van der Waals surface area contributed by atoms with Crippen LogP contribution in [-0.4, -0.2) is 30.2 Å².